The molecule has 3 unspecified atom stereocenters. The Kier molecular flexibility index (Phi) is 5.85. The van der Waals surface area contributed by atoms with Crippen molar-refractivity contribution in [2.45, 2.75) is 77.5 Å². The first-order valence-electron chi connectivity index (χ1n) is 8.48. The van der Waals surface area contributed by atoms with Crippen LogP contribution < -0.4 is 5.32 Å². The molecule has 0 spiro atoms. The van der Waals surface area contributed by atoms with E-state index in [0.717, 1.165) is 32.2 Å². The van der Waals surface area contributed by atoms with Crippen molar-refractivity contribution in [3.8, 4) is 0 Å². The van der Waals surface area contributed by atoms with Crippen LogP contribution in [0.1, 0.15) is 59.3 Å². The van der Waals surface area contributed by atoms with Gasteiger partial charge in [0.1, 0.15) is 0 Å². The number of unbranched alkanes of at least 4 members (excludes halogenated alkanes) is 1. The van der Waals surface area contributed by atoms with Gasteiger partial charge in [-0.3, -0.25) is 15.0 Å². The average Bonchev–Trinajstić information content (AvgIpc) is 3.07. The van der Waals surface area contributed by atoms with Gasteiger partial charge in [0, 0.05) is 12.6 Å². The molecule has 0 aromatic heterocycles. The van der Waals surface area contributed by atoms with Gasteiger partial charge in [0.15, 0.2) is 0 Å². The second kappa shape index (κ2) is 7.41. The molecular formula is C16H31N3O. The number of hydrogen-bond acceptors (Lipinski definition) is 3. The summed E-state index contributed by atoms with van der Waals surface area (Å²) in [5.74, 6) is 0.330. The van der Waals surface area contributed by atoms with Crippen molar-refractivity contribution in [1.82, 2.24) is 15.1 Å². The van der Waals surface area contributed by atoms with Crippen molar-refractivity contribution in [2.24, 2.45) is 0 Å². The third-order valence-electron chi connectivity index (χ3n) is 4.81. The Morgan fingerprint density at radius 2 is 2.00 bits per heavy atom. The fourth-order valence-corrected chi connectivity index (χ4v) is 3.50. The van der Waals surface area contributed by atoms with E-state index in [1.807, 2.05) is 0 Å². The number of hydrogen-bond donors (Lipinski definition) is 1. The van der Waals surface area contributed by atoms with Gasteiger partial charge in [-0.2, -0.15) is 0 Å². The zero-order valence-electron chi connectivity index (χ0n) is 13.4. The number of nitrogens with one attached hydrogen (secondary N) is 1. The number of amides is 1. The lowest BCUT2D eigenvalue weighted by molar-refractivity contribution is -0.130. The summed E-state index contributed by atoms with van der Waals surface area (Å²) in [5, 5.41) is 3.53. The highest BCUT2D eigenvalue weighted by molar-refractivity contribution is 5.84. The Hall–Kier alpha value is -0.610. The van der Waals surface area contributed by atoms with Crippen LogP contribution in [0.15, 0.2) is 0 Å². The number of carbonyl (C=O) groups excluding carboxylic acids is 1. The maximum Gasteiger partial charge on any atom is 0.241 e. The summed E-state index contributed by atoms with van der Waals surface area (Å²) in [6, 6.07) is 0.549. The molecule has 0 radical (unpaired) electrons. The molecule has 2 aliphatic heterocycles. The van der Waals surface area contributed by atoms with Crippen LogP contribution >= 0.6 is 0 Å². The average molecular weight is 281 g/mol. The molecule has 4 nitrogen and oxygen atoms in total. The van der Waals surface area contributed by atoms with Gasteiger partial charge in [-0.1, -0.05) is 26.7 Å². The van der Waals surface area contributed by atoms with Crippen LogP contribution in [0.2, 0.25) is 0 Å². The summed E-state index contributed by atoms with van der Waals surface area (Å²) >= 11 is 0. The fourth-order valence-electron chi connectivity index (χ4n) is 3.50. The SMILES string of the molecule is CCCCC1NC(CC)N(CC(C)N2CCCC2)C1=O. The molecule has 4 heteroatoms. The standard InChI is InChI=1S/C16H31N3O/c1-4-6-9-14-16(20)19(15(5-2)17-14)12-13(3)18-10-7-8-11-18/h13-15,17H,4-12H2,1-3H3. The van der Waals surface area contributed by atoms with E-state index in [9.17, 15) is 4.79 Å². The molecule has 2 saturated heterocycles. The van der Waals surface area contributed by atoms with Crippen molar-refractivity contribution in [2.75, 3.05) is 19.6 Å². The molecule has 2 rings (SSSR count). The van der Waals surface area contributed by atoms with Crippen molar-refractivity contribution in [3.05, 3.63) is 0 Å². The van der Waals surface area contributed by atoms with Gasteiger partial charge < -0.3 is 4.90 Å². The summed E-state index contributed by atoms with van der Waals surface area (Å²) in [7, 11) is 0. The lowest BCUT2D eigenvalue weighted by Gasteiger charge is -2.31. The minimum absolute atomic E-state index is 0.0608. The second-order valence-electron chi connectivity index (χ2n) is 6.37. The number of carbonyl (C=O) groups is 1. The van der Waals surface area contributed by atoms with Gasteiger partial charge in [-0.25, -0.2) is 0 Å². The normalized spacial score (nSPS) is 29.4. The molecule has 0 aromatic rings. The van der Waals surface area contributed by atoms with Crippen LogP contribution in [0.5, 0.6) is 0 Å². The first kappa shape index (κ1) is 15.8. The lowest BCUT2D eigenvalue weighted by Crippen LogP contribution is -2.46. The molecular weight excluding hydrogens is 250 g/mol. The number of likely N-dealkylation sites (tertiary alicyclic amines) is 1. The molecule has 0 bridgehead atoms. The van der Waals surface area contributed by atoms with Gasteiger partial charge in [-0.05, 0) is 45.7 Å². The highest BCUT2D eigenvalue weighted by atomic mass is 16.2. The van der Waals surface area contributed by atoms with Crippen molar-refractivity contribution in [3.63, 3.8) is 0 Å². The molecule has 20 heavy (non-hydrogen) atoms. The van der Waals surface area contributed by atoms with Crippen molar-refractivity contribution < 1.29 is 4.79 Å². The van der Waals surface area contributed by atoms with Crippen LogP contribution in [0, 0.1) is 0 Å². The second-order valence-corrected chi connectivity index (χ2v) is 6.37. The monoisotopic (exact) mass is 281 g/mol. The molecule has 2 heterocycles. The maximum absolute atomic E-state index is 12.6. The topological polar surface area (TPSA) is 35.6 Å². The third-order valence-corrected chi connectivity index (χ3v) is 4.81. The first-order chi connectivity index (χ1) is 9.67. The van der Waals surface area contributed by atoms with Gasteiger partial charge >= 0.3 is 0 Å². The third kappa shape index (κ3) is 3.53. The Morgan fingerprint density at radius 1 is 1.30 bits per heavy atom. The summed E-state index contributed by atoms with van der Waals surface area (Å²) in [5.41, 5.74) is 0. The predicted molar refractivity (Wildman–Crippen MR) is 82.5 cm³/mol. The van der Waals surface area contributed by atoms with Gasteiger partial charge in [0.05, 0.1) is 12.2 Å². The molecule has 1 amide bonds. The summed E-state index contributed by atoms with van der Waals surface area (Å²) in [6.07, 6.45) is 7.15. The smallest absolute Gasteiger partial charge is 0.241 e. The summed E-state index contributed by atoms with van der Waals surface area (Å²) < 4.78 is 0. The maximum atomic E-state index is 12.6. The minimum atomic E-state index is 0.0608. The zero-order chi connectivity index (χ0) is 14.5. The fraction of sp³-hybridized carbons (Fsp3) is 0.938. The Balaban J connectivity index is 1.92. The zero-order valence-corrected chi connectivity index (χ0v) is 13.4. The minimum Gasteiger partial charge on any atom is -0.324 e. The Bertz CT molecular complexity index is 315. The number of rotatable bonds is 7. The quantitative estimate of drug-likeness (QED) is 0.777. The van der Waals surface area contributed by atoms with Gasteiger partial charge in [0.2, 0.25) is 5.91 Å². The first-order valence-corrected chi connectivity index (χ1v) is 8.48. The molecule has 3 atom stereocenters. The number of nitrogens with zero attached hydrogens (tertiary/aromatic N) is 2. The molecule has 0 saturated carbocycles. The van der Waals surface area contributed by atoms with E-state index in [1.54, 1.807) is 0 Å². The molecule has 0 aromatic carbocycles. The van der Waals surface area contributed by atoms with E-state index < -0.39 is 0 Å². The van der Waals surface area contributed by atoms with E-state index >= 15 is 0 Å². The lowest BCUT2D eigenvalue weighted by atomic mass is 10.1. The largest absolute Gasteiger partial charge is 0.324 e. The Morgan fingerprint density at radius 3 is 2.60 bits per heavy atom. The van der Waals surface area contributed by atoms with Crippen LogP contribution in [0.3, 0.4) is 0 Å². The Labute approximate surface area is 123 Å². The molecule has 116 valence electrons. The van der Waals surface area contributed by atoms with E-state index in [2.05, 4.69) is 35.9 Å². The summed E-state index contributed by atoms with van der Waals surface area (Å²) in [4.78, 5) is 17.2. The molecule has 0 aliphatic carbocycles. The highest BCUT2D eigenvalue weighted by Crippen LogP contribution is 2.20. The molecule has 2 fully saturated rings. The van der Waals surface area contributed by atoms with Gasteiger partial charge in [-0.15, -0.1) is 0 Å². The van der Waals surface area contributed by atoms with Crippen molar-refractivity contribution >= 4 is 5.91 Å². The van der Waals surface area contributed by atoms with Crippen LogP contribution in [-0.2, 0) is 4.79 Å². The predicted octanol–water partition coefficient (Wildman–Crippen LogP) is 2.20. The van der Waals surface area contributed by atoms with E-state index in [0.29, 0.717) is 11.9 Å². The van der Waals surface area contributed by atoms with Crippen LogP contribution in [0.4, 0.5) is 0 Å². The van der Waals surface area contributed by atoms with Crippen LogP contribution in [-0.4, -0.2) is 53.6 Å². The van der Waals surface area contributed by atoms with E-state index in [-0.39, 0.29) is 12.2 Å². The van der Waals surface area contributed by atoms with Crippen molar-refractivity contribution in [1.29, 1.82) is 0 Å². The highest BCUT2D eigenvalue weighted by Gasteiger charge is 2.38. The molecule has 1 N–H and O–H groups in total. The van der Waals surface area contributed by atoms with E-state index in [4.69, 9.17) is 0 Å². The van der Waals surface area contributed by atoms with Gasteiger partial charge in [0.25, 0.3) is 0 Å². The van der Waals surface area contributed by atoms with E-state index in [1.165, 1.54) is 25.9 Å². The summed E-state index contributed by atoms with van der Waals surface area (Å²) in [6.45, 7) is 9.90. The van der Waals surface area contributed by atoms with Crippen LogP contribution in [0.25, 0.3) is 0 Å². The molecule has 2 aliphatic rings.